The van der Waals surface area contributed by atoms with Gasteiger partial charge in [-0.05, 0) is 38.5 Å². The largest absolute Gasteiger partial charge is 0.396 e. The van der Waals surface area contributed by atoms with Crippen LogP contribution in [0.1, 0.15) is 48.2 Å². The van der Waals surface area contributed by atoms with Gasteiger partial charge in [-0.3, -0.25) is 4.79 Å². The minimum Gasteiger partial charge on any atom is -0.396 e. The maximum Gasteiger partial charge on any atom is 0.265 e. The van der Waals surface area contributed by atoms with Crippen LogP contribution in [0.15, 0.2) is 0 Å². The van der Waals surface area contributed by atoms with Crippen LogP contribution in [0.2, 0.25) is 0 Å². The molecule has 6 nitrogen and oxygen atoms in total. The molecule has 1 aliphatic heterocycles. The molecule has 0 aromatic carbocycles. The smallest absolute Gasteiger partial charge is 0.265 e. The number of thiazole rings is 1. The number of unbranched alkanes of at least 4 members (excludes halogenated alkanes) is 2. The highest BCUT2D eigenvalue weighted by Gasteiger charge is 2.20. The average Bonchev–Trinajstić information content (AvgIpc) is 2.90. The van der Waals surface area contributed by atoms with E-state index in [1.54, 1.807) is 0 Å². The molecule has 118 valence electrons. The summed E-state index contributed by atoms with van der Waals surface area (Å²) in [4.78, 5) is 19.2. The molecular weight excluding hydrogens is 288 g/mol. The Labute approximate surface area is 129 Å². The molecule has 2 heterocycles. The van der Waals surface area contributed by atoms with Crippen molar-refractivity contribution in [2.24, 2.45) is 0 Å². The number of aliphatic hydroxyl groups excluding tert-OH is 1. The molecule has 0 bridgehead atoms. The highest BCUT2D eigenvalue weighted by Crippen LogP contribution is 2.29. The molecule has 1 aliphatic rings. The van der Waals surface area contributed by atoms with E-state index in [0.717, 1.165) is 37.5 Å². The number of aromatic nitrogens is 1. The molecular formula is C14H24N4O2S. The van der Waals surface area contributed by atoms with Crippen LogP contribution in [-0.4, -0.2) is 42.2 Å². The summed E-state index contributed by atoms with van der Waals surface area (Å²) in [6.45, 7) is 2.80. The monoisotopic (exact) mass is 312 g/mol. The second-order valence-corrected chi connectivity index (χ2v) is 6.28. The fourth-order valence-electron chi connectivity index (χ4n) is 2.40. The number of hydrogen-bond acceptors (Lipinski definition) is 6. The van der Waals surface area contributed by atoms with Gasteiger partial charge in [0.2, 0.25) is 0 Å². The van der Waals surface area contributed by atoms with E-state index in [0.29, 0.717) is 17.2 Å². The molecule has 0 atom stereocenters. The van der Waals surface area contributed by atoms with Gasteiger partial charge in [-0.2, -0.15) is 0 Å². The van der Waals surface area contributed by atoms with Crippen molar-refractivity contribution in [3.63, 3.8) is 0 Å². The normalized spacial score (nSPS) is 15.2. The fraction of sp³-hybridized carbons (Fsp3) is 0.714. The van der Waals surface area contributed by atoms with Gasteiger partial charge in [0.15, 0.2) is 5.13 Å². The summed E-state index contributed by atoms with van der Waals surface area (Å²) in [7, 11) is 0. The van der Waals surface area contributed by atoms with Gasteiger partial charge in [0.05, 0.1) is 0 Å². The average molecular weight is 312 g/mol. The lowest BCUT2D eigenvalue weighted by Crippen LogP contribution is -2.29. The molecule has 0 saturated carbocycles. The first kappa shape index (κ1) is 16.0. The zero-order valence-corrected chi connectivity index (χ0v) is 13.1. The van der Waals surface area contributed by atoms with Gasteiger partial charge in [0, 0.05) is 26.2 Å². The van der Waals surface area contributed by atoms with Crippen molar-refractivity contribution in [1.29, 1.82) is 0 Å². The second kappa shape index (κ2) is 8.19. The van der Waals surface area contributed by atoms with Crippen molar-refractivity contribution in [2.45, 2.75) is 38.5 Å². The van der Waals surface area contributed by atoms with E-state index in [1.807, 2.05) is 0 Å². The Kier molecular flexibility index (Phi) is 6.25. The summed E-state index contributed by atoms with van der Waals surface area (Å²) in [6, 6.07) is 0. The summed E-state index contributed by atoms with van der Waals surface area (Å²) in [5.74, 6) is 0.186. The van der Waals surface area contributed by atoms with Crippen LogP contribution in [0.25, 0.3) is 0 Å². The number of nitrogens with zero attached hydrogens (tertiary/aromatic N) is 2. The van der Waals surface area contributed by atoms with Crippen LogP contribution in [0.5, 0.6) is 0 Å². The molecule has 1 aromatic heterocycles. The van der Waals surface area contributed by atoms with Crippen LogP contribution in [-0.2, 0) is 0 Å². The van der Waals surface area contributed by atoms with Crippen molar-refractivity contribution >= 4 is 28.2 Å². The number of hydrogen-bond donors (Lipinski definition) is 3. The number of aliphatic hydroxyl groups is 1. The third-order valence-corrected chi connectivity index (χ3v) is 4.73. The predicted octanol–water partition coefficient (Wildman–Crippen LogP) is 1.61. The Morgan fingerprint density at radius 3 is 2.76 bits per heavy atom. The number of nitrogens with one attached hydrogen (secondary N) is 1. The maximum atomic E-state index is 12.1. The lowest BCUT2D eigenvalue weighted by atomic mass is 10.1. The van der Waals surface area contributed by atoms with Crippen molar-refractivity contribution in [1.82, 2.24) is 10.3 Å². The summed E-state index contributed by atoms with van der Waals surface area (Å²) >= 11 is 1.38. The van der Waals surface area contributed by atoms with Gasteiger partial charge in [-0.1, -0.05) is 11.3 Å². The first-order valence-corrected chi connectivity index (χ1v) is 8.44. The SMILES string of the molecule is Nc1nc(N2CCCCC2)sc1C(=O)NCCCCCO. The Bertz CT molecular complexity index is 458. The van der Waals surface area contributed by atoms with Crippen LogP contribution in [0, 0.1) is 0 Å². The molecule has 1 aromatic rings. The van der Waals surface area contributed by atoms with E-state index in [9.17, 15) is 4.79 Å². The van der Waals surface area contributed by atoms with Crippen molar-refractivity contribution < 1.29 is 9.90 Å². The lowest BCUT2D eigenvalue weighted by molar-refractivity contribution is 0.0957. The van der Waals surface area contributed by atoms with Gasteiger partial charge in [0.25, 0.3) is 5.91 Å². The Morgan fingerprint density at radius 1 is 1.29 bits per heavy atom. The minimum atomic E-state index is -0.141. The Balaban J connectivity index is 1.87. The number of anilines is 2. The zero-order chi connectivity index (χ0) is 15.1. The number of carbonyl (C=O) groups is 1. The molecule has 1 amide bonds. The van der Waals surface area contributed by atoms with Gasteiger partial charge in [-0.15, -0.1) is 0 Å². The highest BCUT2D eigenvalue weighted by molar-refractivity contribution is 7.18. The molecule has 4 N–H and O–H groups in total. The number of piperidine rings is 1. The van der Waals surface area contributed by atoms with Crippen molar-refractivity contribution in [2.75, 3.05) is 36.9 Å². The molecule has 21 heavy (non-hydrogen) atoms. The number of nitrogens with two attached hydrogens (primary N) is 1. The van der Waals surface area contributed by atoms with Gasteiger partial charge in [-0.25, -0.2) is 4.98 Å². The second-order valence-electron chi connectivity index (χ2n) is 5.30. The summed E-state index contributed by atoms with van der Waals surface area (Å²) in [6.07, 6.45) is 6.16. The third kappa shape index (κ3) is 4.57. The minimum absolute atomic E-state index is 0.141. The van der Waals surface area contributed by atoms with E-state index in [4.69, 9.17) is 10.8 Å². The molecule has 0 spiro atoms. The maximum absolute atomic E-state index is 12.1. The van der Waals surface area contributed by atoms with E-state index in [1.165, 1.54) is 30.6 Å². The zero-order valence-electron chi connectivity index (χ0n) is 12.3. The third-order valence-electron chi connectivity index (χ3n) is 3.60. The van der Waals surface area contributed by atoms with Gasteiger partial charge >= 0.3 is 0 Å². The summed E-state index contributed by atoms with van der Waals surface area (Å²) < 4.78 is 0. The van der Waals surface area contributed by atoms with E-state index >= 15 is 0 Å². The van der Waals surface area contributed by atoms with Crippen LogP contribution in [0.3, 0.4) is 0 Å². The first-order valence-electron chi connectivity index (χ1n) is 7.62. The summed E-state index contributed by atoms with van der Waals surface area (Å²) in [5.41, 5.74) is 5.88. The first-order chi connectivity index (χ1) is 10.2. The van der Waals surface area contributed by atoms with E-state index in [-0.39, 0.29) is 12.5 Å². The predicted molar refractivity (Wildman–Crippen MR) is 85.9 cm³/mol. The van der Waals surface area contributed by atoms with Gasteiger partial charge in [0.1, 0.15) is 10.7 Å². The number of amides is 1. The molecule has 1 saturated heterocycles. The fourth-order valence-corrected chi connectivity index (χ4v) is 3.35. The molecule has 0 unspecified atom stereocenters. The Hall–Kier alpha value is -1.34. The van der Waals surface area contributed by atoms with E-state index in [2.05, 4.69) is 15.2 Å². The van der Waals surface area contributed by atoms with Crippen LogP contribution >= 0.6 is 11.3 Å². The quantitative estimate of drug-likeness (QED) is 0.665. The molecule has 0 aliphatic carbocycles. The number of rotatable bonds is 7. The molecule has 7 heteroatoms. The lowest BCUT2D eigenvalue weighted by Gasteiger charge is -2.25. The molecule has 0 radical (unpaired) electrons. The standard InChI is InChI=1S/C14H24N4O2S/c15-12-11(13(20)16-7-3-1-6-10-19)21-14(17-12)18-8-4-2-5-9-18/h19H,1-10,15H2,(H,16,20). The topological polar surface area (TPSA) is 91.5 Å². The molecule has 1 fully saturated rings. The van der Waals surface area contributed by atoms with Crippen molar-refractivity contribution in [3.8, 4) is 0 Å². The molecule has 2 rings (SSSR count). The van der Waals surface area contributed by atoms with Gasteiger partial charge < -0.3 is 21.1 Å². The highest BCUT2D eigenvalue weighted by atomic mass is 32.1. The summed E-state index contributed by atoms with van der Waals surface area (Å²) in [5, 5.41) is 12.4. The number of nitrogen functional groups attached to an aromatic ring is 1. The van der Waals surface area contributed by atoms with Crippen LogP contribution < -0.4 is 16.0 Å². The van der Waals surface area contributed by atoms with Crippen molar-refractivity contribution in [3.05, 3.63) is 4.88 Å². The Morgan fingerprint density at radius 2 is 2.05 bits per heavy atom. The number of carbonyl (C=O) groups excluding carboxylic acids is 1. The van der Waals surface area contributed by atoms with Crippen LogP contribution in [0.4, 0.5) is 10.9 Å². The van der Waals surface area contributed by atoms with E-state index < -0.39 is 0 Å².